The summed E-state index contributed by atoms with van der Waals surface area (Å²) in [6, 6.07) is 0. The lowest BCUT2D eigenvalue weighted by Gasteiger charge is -2.09. The Hall–Kier alpha value is -0.610. The summed E-state index contributed by atoms with van der Waals surface area (Å²) < 4.78 is 5.37. The quantitative estimate of drug-likeness (QED) is 0.606. The minimum Gasteiger partial charge on any atom is -0.378 e. The molecule has 0 aromatic heterocycles. The van der Waals surface area contributed by atoms with Gasteiger partial charge >= 0.3 is 0 Å². The molecule has 1 unspecified atom stereocenters. The van der Waals surface area contributed by atoms with Crippen molar-refractivity contribution >= 4 is 5.91 Å². The van der Waals surface area contributed by atoms with Crippen molar-refractivity contribution in [3.8, 4) is 0 Å². The molecule has 4 heteroatoms. The molecule has 1 aliphatic rings. The molecule has 0 radical (unpaired) electrons. The minimum absolute atomic E-state index is 0.106. The summed E-state index contributed by atoms with van der Waals surface area (Å²) in [5, 5.41) is 6.01. The van der Waals surface area contributed by atoms with E-state index in [4.69, 9.17) is 4.74 Å². The average molecular weight is 200 g/mol. The lowest BCUT2D eigenvalue weighted by atomic mass is 10.2. The number of carbonyl (C=O) groups is 1. The fourth-order valence-corrected chi connectivity index (χ4v) is 1.55. The van der Waals surface area contributed by atoms with E-state index >= 15 is 0 Å². The first-order chi connectivity index (χ1) is 6.83. The Bertz CT molecular complexity index is 168. The largest absolute Gasteiger partial charge is 0.378 e. The lowest BCUT2D eigenvalue weighted by molar-refractivity contribution is -0.123. The van der Waals surface area contributed by atoms with Crippen LogP contribution in [0.1, 0.15) is 26.2 Å². The third-order valence-electron chi connectivity index (χ3n) is 2.31. The third-order valence-corrected chi connectivity index (χ3v) is 2.31. The van der Waals surface area contributed by atoms with Crippen LogP contribution in [0.4, 0.5) is 0 Å². The Balaban J connectivity index is 1.98. The van der Waals surface area contributed by atoms with Crippen LogP contribution < -0.4 is 10.6 Å². The van der Waals surface area contributed by atoms with Gasteiger partial charge in [-0.1, -0.05) is 6.92 Å². The van der Waals surface area contributed by atoms with Gasteiger partial charge in [-0.2, -0.15) is 0 Å². The van der Waals surface area contributed by atoms with Crippen LogP contribution in [0.2, 0.25) is 0 Å². The van der Waals surface area contributed by atoms with E-state index in [1.54, 1.807) is 0 Å². The van der Waals surface area contributed by atoms with Crippen molar-refractivity contribution in [3.63, 3.8) is 0 Å². The van der Waals surface area contributed by atoms with E-state index in [1.165, 1.54) is 0 Å². The van der Waals surface area contributed by atoms with Gasteiger partial charge in [0.2, 0.25) is 5.91 Å². The maximum atomic E-state index is 11.3. The molecule has 1 fully saturated rings. The van der Waals surface area contributed by atoms with Crippen molar-refractivity contribution in [2.75, 3.05) is 26.2 Å². The van der Waals surface area contributed by atoms with Gasteiger partial charge in [0.25, 0.3) is 0 Å². The first-order valence-electron chi connectivity index (χ1n) is 5.42. The molecule has 0 aliphatic carbocycles. The summed E-state index contributed by atoms with van der Waals surface area (Å²) >= 11 is 0. The van der Waals surface area contributed by atoms with E-state index in [0.29, 0.717) is 13.0 Å². The molecule has 1 atom stereocenters. The average Bonchev–Trinajstić information content (AvgIpc) is 2.65. The van der Waals surface area contributed by atoms with E-state index in [0.717, 1.165) is 32.5 Å². The lowest BCUT2D eigenvalue weighted by Crippen LogP contribution is -2.33. The fraction of sp³-hybridized carbons (Fsp3) is 0.900. The Morgan fingerprint density at radius 3 is 3.00 bits per heavy atom. The molecule has 1 amide bonds. The maximum Gasteiger partial charge on any atom is 0.222 e. The number of ether oxygens (including phenoxy) is 1. The van der Waals surface area contributed by atoms with Crippen molar-refractivity contribution in [2.24, 2.45) is 0 Å². The second-order valence-electron chi connectivity index (χ2n) is 3.54. The molecule has 0 aromatic carbocycles. The first-order valence-corrected chi connectivity index (χ1v) is 5.42. The van der Waals surface area contributed by atoms with Crippen LogP contribution in [0.25, 0.3) is 0 Å². The van der Waals surface area contributed by atoms with Gasteiger partial charge in [0.15, 0.2) is 0 Å². The molecule has 14 heavy (non-hydrogen) atoms. The van der Waals surface area contributed by atoms with Crippen molar-refractivity contribution in [1.29, 1.82) is 0 Å². The predicted molar refractivity (Wildman–Crippen MR) is 55.1 cm³/mol. The van der Waals surface area contributed by atoms with Crippen molar-refractivity contribution in [2.45, 2.75) is 32.3 Å². The Morgan fingerprint density at radius 1 is 1.50 bits per heavy atom. The number of carbonyl (C=O) groups excluding carboxylic acids is 1. The summed E-state index contributed by atoms with van der Waals surface area (Å²) in [6.07, 6.45) is 2.80. The topological polar surface area (TPSA) is 50.4 Å². The second kappa shape index (κ2) is 6.79. The zero-order valence-corrected chi connectivity index (χ0v) is 8.84. The molecule has 0 spiro atoms. The molecular weight excluding hydrogens is 180 g/mol. The zero-order valence-electron chi connectivity index (χ0n) is 8.84. The van der Waals surface area contributed by atoms with Crippen molar-refractivity contribution in [1.82, 2.24) is 10.6 Å². The fourth-order valence-electron chi connectivity index (χ4n) is 1.55. The second-order valence-corrected chi connectivity index (χ2v) is 3.54. The van der Waals surface area contributed by atoms with Crippen LogP contribution in [0.5, 0.6) is 0 Å². The molecule has 4 nitrogen and oxygen atoms in total. The molecule has 0 aromatic rings. The Morgan fingerprint density at radius 2 is 2.36 bits per heavy atom. The number of likely N-dealkylation sites (N-methyl/N-ethyl adjacent to an activating group) is 1. The normalized spacial score (nSPS) is 21.1. The number of hydrogen-bond acceptors (Lipinski definition) is 3. The maximum absolute atomic E-state index is 11.3. The highest BCUT2D eigenvalue weighted by Gasteiger charge is 2.18. The molecule has 82 valence electrons. The molecular formula is C10H20N2O2. The highest BCUT2D eigenvalue weighted by molar-refractivity contribution is 5.76. The zero-order chi connectivity index (χ0) is 10.2. The van der Waals surface area contributed by atoms with E-state index < -0.39 is 0 Å². The Kier molecular flexibility index (Phi) is 5.56. The summed E-state index contributed by atoms with van der Waals surface area (Å²) in [5.41, 5.74) is 0. The van der Waals surface area contributed by atoms with E-state index in [-0.39, 0.29) is 12.0 Å². The molecule has 1 rings (SSSR count). The van der Waals surface area contributed by atoms with E-state index in [2.05, 4.69) is 10.6 Å². The van der Waals surface area contributed by atoms with Gasteiger partial charge in [0, 0.05) is 19.7 Å². The number of hydrogen-bond donors (Lipinski definition) is 2. The third kappa shape index (κ3) is 4.58. The van der Waals surface area contributed by atoms with Gasteiger partial charge in [-0.25, -0.2) is 0 Å². The standard InChI is InChI=1S/C10H20N2O2/c1-2-11-5-6-12-10(13)8-9-4-3-7-14-9/h9,11H,2-8H2,1H3,(H,12,13). The molecule has 0 bridgehead atoms. The predicted octanol–water partition coefficient (Wildman–Crippen LogP) is 0.281. The summed E-state index contributed by atoms with van der Waals surface area (Å²) in [6.45, 7) is 5.36. The minimum atomic E-state index is 0.106. The van der Waals surface area contributed by atoms with Crippen LogP contribution in [-0.4, -0.2) is 38.3 Å². The van der Waals surface area contributed by atoms with Gasteiger partial charge in [-0.3, -0.25) is 4.79 Å². The molecule has 0 saturated carbocycles. The van der Waals surface area contributed by atoms with Crippen LogP contribution in [0.3, 0.4) is 0 Å². The molecule has 1 aliphatic heterocycles. The first kappa shape index (κ1) is 11.5. The number of nitrogens with one attached hydrogen (secondary N) is 2. The highest BCUT2D eigenvalue weighted by atomic mass is 16.5. The van der Waals surface area contributed by atoms with Crippen LogP contribution in [0, 0.1) is 0 Å². The molecule has 1 heterocycles. The SMILES string of the molecule is CCNCCNC(=O)CC1CCCO1. The number of rotatable bonds is 6. The number of amides is 1. The summed E-state index contributed by atoms with van der Waals surface area (Å²) in [4.78, 5) is 11.3. The molecule has 1 saturated heterocycles. The Labute approximate surface area is 85.4 Å². The summed E-state index contributed by atoms with van der Waals surface area (Å²) in [5.74, 6) is 0.106. The van der Waals surface area contributed by atoms with E-state index in [9.17, 15) is 4.79 Å². The van der Waals surface area contributed by atoms with E-state index in [1.807, 2.05) is 6.92 Å². The van der Waals surface area contributed by atoms with Gasteiger partial charge in [-0.05, 0) is 19.4 Å². The molecule has 2 N–H and O–H groups in total. The van der Waals surface area contributed by atoms with Crippen LogP contribution >= 0.6 is 0 Å². The van der Waals surface area contributed by atoms with Crippen LogP contribution in [0.15, 0.2) is 0 Å². The van der Waals surface area contributed by atoms with Crippen molar-refractivity contribution < 1.29 is 9.53 Å². The van der Waals surface area contributed by atoms with Crippen LogP contribution in [-0.2, 0) is 9.53 Å². The summed E-state index contributed by atoms with van der Waals surface area (Å²) in [7, 11) is 0. The van der Waals surface area contributed by atoms with Crippen molar-refractivity contribution in [3.05, 3.63) is 0 Å². The van der Waals surface area contributed by atoms with Gasteiger partial charge < -0.3 is 15.4 Å². The van der Waals surface area contributed by atoms with Gasteiger partial charge in [-0.15, -0.1) is 0 Å². The van der Waals surface area contributed by atoms with Gasteiger partial charge in [0.05, 0.1) is 12.5 Å². The van der Waals surface area contributed by atoms with Gasteiger partial charge in [0.1, 0.15) is 0 Å². The highest BCUT2D eigenvalue weighted by Crippen LogP contribution is 2.14. The smallest absolute Gasteiger partial charge is 0.222 e. The monoisotopic (exact) mass is 200 g/mol.